The molecule has 15 heteroatoms. The minimum atomic E-state index is -0.889. The molecule has 15 nitrogen and oxygen atoms in total. The summed E-state index contributed by atoms with van der Waals surface area (Å²) in [6.45, 7) is 1.51. The number of nitrogens with one attached hydrogen (secondary N) is 4. The molecule has 3 aliphatic rings. The van der Waals surface area contributed by atoms with Crippen molar-refractivity contribution in [2.24, 2.45) is 0 Å². The summed E-state index contributed by atoms with van der Waals surface area (Å²) in [5, 5.41) is 15.5. The molecular formula is C52H53N9O6. The Morgan fingerprint density at radius 1 is 0.642 bits per heavy atom. The Morgan fingerprint density at radius 2 is 1.09 bits per heavy atom. The Hall–Kier alpha value is -7.70. The maximum absolute atomic E-state index is 14.3. The van der Waals surface area contributed by atoms with E-state index < -0.39 is 18.2 Å². The van der Waals surface area contributed by atoms with E-state index in [0.29, 0.717) is 42.4 Å². The maximum Gasteiger partial charge on any atom is 0.407 e. The van der Waals surface area contributed by atoms with Crippen molar-refractivity contribution < 1.29 is 29.0 Å². The number of aromatic amines is 2. The summed E-state index contributed by atoms with van der Waals surface area (Å²) in [4.78, 5) is 75.4. The zero-order chi connectivity index (χ0) is 46.3. The van der Waals surface area contributed by atoms with Crippen LogP contribution in [0.2, 0.25) is 0 Å². The Kier molecular flexibility index (Phi) is 13.4. The van der Waals surface area contributed by atoms with E-state index in [-0.39, 0.29) is 42.6 Å². The topological polar surface area (TPSA) is 189 Å². The molecule has 4 aromatic carbocycles. The average Bonchev–Trinajstić information content (AvgIpc) is 4.24. The van der Waals surface area contributed by atoms with Crippen LogP contribution in [0.4, 0.5) is 9.59 Å². The summed E-state index contributed by atoms with van der Waals surface area (Å²) < 4.78 is 4.83. The van der Waals surface area contributed by atoms with Gasteiger partial charge in [-0.1, -0.05) is 96.8 Å². The lowest BCUT2D eigenvalue weighted by molar-refractivity contribution is -0.135. The Labute approximate surface area is 389 Å². The maximum atomic E-state index is 14.3. The quantitative estimate of drug-likeness (QED) is 0.0845. The third-order valence-corrected chi connectivity index (χ3v) is 13.0. The van der Waals surface area contributed by atoms with E-state index in [0.717, 1.165) is 72.2 Å². The number of nitrogens with zero attached hydrogens (tertiary/aromatic N) is 5. The van der Waals surface area contributed by atoms with Gasteiger partial charge in [0.15, 0.2) is 0 Å². The van der Waals surface area contributed by atoms with Crippen molar-refractivity contribution in [2.75, 3.05) is 33.4 Å². The highest BCUT2D eigenvalue weighted by Gasteiger charge is 2.39. The van der Waals surface area contributed by atoms with Crippen molar-refractivity contribution in [1.82, 2.24) is 45.3 Å². The number of aliphatic hydroxyl groups excluding tert-OH is 1. The van der Waals surface area contributed by atoms with Gasteiger partial charge in [0.25, 0.3) is 5.91 Å². The summed E-state index contributed by atoms with van der Waals surface area (Å²) in [6, 6.07) is 31.3. The van der Waals surface area contributed by atoms with Gasteiger partial charge >= 0.3 is 12.1 Å². The second-order valence-corrected chi connectivity index (χ2v) is 17.1. The number of aromatic nitrogens is 4. The van der Waals surface area contributed by atoms with Crippen LogP contribution in [0.5, 0.6) is 0 Å². The molecule has 3 saturated heterocycles. The fraction of sp³-hybridized carbons (Fsp3) is 0.308. The number of hydrogen-bond donors (Lipinski definition) is 5. The van der Waals surface area contributed by atoms with Crippen molar-refractivity contribution in [3.63, 3.8) is 0 Å². The van der Waals surface area contributed by atoms with Crippen LogP contribution >= 0.6 is 0 Å². The lowest BCUT2D eigenvalue weighted by Gasteiger charge is -2.31. The molecule has 2 aromatic heterocycles. The number of hydrogen-bond acceptors (Lipinski definition) is 8. The lowest BCUT2D eigenvalue weighted by atomic mass is 10.0. The van der Waals surface area contributed by atoms with E-state index in [1.807, 2.05) is 114 Å². The normalized spacial score (nSPS) is 18.8. The molecule has 6 aromatic rings. The summed E-state index contributed by atoms with van der Waals surface area (Å²) >= 11 is 0. The Balaban J connectivity index is 0.831. The van der Waals surface area contributed by atoms with E-state index in [1.165, 1.54) is 7.11 Å². The fourth-order valence-electron chi connectivity index (χ4n) is 9.42. The molecule has 5 N–H and O–H groups in total. The second-order valence-electron chi connectivity index (χ2n) is 17.1. The summed E-state index contributed by atoms with van der Waals surface area (Å²) in [5.41, 5.74) is 6.57. The van der Waals surface area contributed by atoms with Gasteiger partial charge in [0.05, 0.1) is 55.6 Å². The van der Waals surface area contributed by atoms with Gasteiger partial charge in [-0.2, -0.15) is 0 Å². The first-order valence-corrected chi connectivity index (χ1v) is 22.8. The van der Waals surface area contributed by atoms with Crippen molar-refractivity contribution in [3.8, 4) is 34.4 Å². The van der Waals surface area contributed by atoms with E-state index in [4.69, 9.17) is 9.72 Å². The van der Waals surface area contributed by atoms with Crippen molar-refractivity contribution in [2.45, 2.75) is 68.7 Å². The largest absolute Gasteiger partial charge is 0.453 e. The molecule has 0 unspecified atom stereocenters. The van der Waals surface area contributed by atoms with Crippen LogP contribution in [0.3, 0.4) is 0 Å². The molecule has 5 atom stereocenters. The van der Waals surface area contributed by atoms with Crippen LogP contribution in [0.1, 0.15) is 96.6 Å². The monoisotopic (exact) mass is 899 g/mol. The first-order chi connectivity index (χ1) is 32.8. The molecular weight excluding hydrogens is 847 g/mol. The Morgan fingerprint density at radius 3 is 1.55 bits per heavy atom. The minimum absolute atomic E-state index is 0.111. The molecule has 3 fully saturated rings. The van der Waals surface area contributed by atoms with Gasteiger partial charge < -0.3 is 45.1 Å². The number of alkyl carbamates (subject to hydrolysis) is 1. The number of imidazole rings is 2. The Bertz CT molecular complexity index is 2750. The zero-order valence-corrected chi connectivity index (χ0v) is 37.2. The van der Waals surface area contributed by atoms with E-state index in [1.54, 1.807) is 22.2 Å². The van der Waals surface area contributed by atoms with Gasteiger partial charge in [-0.25, -0.2) is 19.6 Å². The predicted octanol–water partition coefficient (Wildman–Crippen LogP) is 7.20. The average molecular weight is 900 g/mol. The molecule has 5 amide bonds. The van der Waals surface area contributed by atoms with Crippen LogP contribution in [-0.2, 0) is 14.3 Å². The molecule has 3 aliphatic heterocycles. The second kappa shape index (κ2) is 20.2. The highest BCUT2D eigenvalue weighted by molar-refractivity contribution is 5.89. The molecule has 0 radical (unpaired) electrons. The first kappa shape index (κ1) is 44.5. The standard InChI is InChI=1S/C52H53N9O6/c1-67-52(66)58-46(39-13-6-3-7-14-39)50(64)61-30-10-17-44(61)48-54-32-42(56-48)37-26-22-35(23-27-37)19-18-34-20-24-36(25-21-34)41-31-53-47(55-41)43-16-9-29-60(43)49(63)45(38-11-4-2-5-12-38)57-51(65)59-28-8-15-40(59)33-62/h2-7,11-14,20-27,31-32,40,43-46,62H,8-10,15-17,28-30,33H2,1H3,(H,53,55)(H,54,56)(H,57,65)(H,58,66)/t40-,43-,44-,45+,46+/m0/s1. The van der Waals surface area contributed by atoms with Gasteiger partial charge in [0, 0.05) is 30.8 Å². The highest BCUT2D eigenvalue weighted by atomic mass is 16.5. The molecule has 342 valence electrons. The number of likely N-dealkylation sites (tertiary alicyclic amines) is 3. The molecule has 9 rings (SSSR count). The van der Waals surface area contributed by atoms with Gasteiger partial charge in [0.1, 0.15) is 23.7 Å². The number of H-pyrrole nitrogens is 2. The van der Waals surface area contributed by atoms with Crippen LogP contribution in [0.25, 0.3) is 22.5 Å². The van der Waals surface area contributed by atoms with Crippen LogP contribution < -0.4 is 10.6 Å². The molecule has 0 saturated carbocycles. The predicted molar refractivity (Wildman–Crippen MR) is 251 cm³/mol. The zero-order valence-electron chi connectivity index (χ0n) is 37.2. The molecule has 67 heavy (non-hydrogen) atoms. The molecule has 0 aliphatic carbocycles. The third-order valence-electron chi connectivity index (χ3n) is 13.0. The van der Waals surface area contributed by atoms with Crippen LogP contribution in [0.15, 0.2) is 122 Å². The van der Waals surface area contributed by atoms with Gasteiger partial charge in [0.2, 0.25) is 5.91 Å². The van der Waals surface area contributed by atoms with E-state index in [2.05, 4.69) is 37.4 Å². The molecule has 0 bridgehead atoms. The molecule has 0 spiro atoms. The number of benzene rings is 4. The van der Waals surface area contributed by atoms with Crippen molar-refractivity contribution >= 4 is 23.9 Å². The number of amides is 5. The fourth-order valence-corrected chi connectivity index (χ4v) is 9.42. The SMILES string of the molecule is COC(=O)N[C@@H](C(=O)N1CCC[C@H]1c1ncc(-c2ccc(C#Cc3ccc(-c4cnc([C@@H]5CCCN5C(=O)[C@H](NC(=O)N5CCC[C@H]5CO)c5ccccc5)[nH]4)cc3)cc2)[nH]1)c1ccccc1. The summed E-state index contributed by atoms with van der Waals surface area (Å²) in [5.74, 6) is 7.49. The number of carbonyl (C=O) groups excluding carboxylic acids is 4. The number of carbonyl (C=O) groups is 4. The number of aliphatic hydroxyl groups is 1. The summed E-state index contributed by atoms with van der Waals surface area (Å²) in [6.07, 6.45) is 7.52. The number of ether oxygens (including phenoxy) is 1. The van der Waals surface area contributed by atoms with Gasteiger partial charge in [-0.05, 0) is 85.0 Å². The number of methoxy groups -OCH3 is 1. The smallest absolute Gasteiger partial charge is 0.407 e. The molecule has 5 heterocycles. The van der Waals surface area contributed by atoms with Gasteiger partial charge in [-0.15, -0.1) is 0 Å². The van der Waals surface area contributed by atoms with Crippen LogP contribution in [0, 0.1) is 11.8 Å². The summed E-state index contributed by atoms with van der Waals surface area (Å²) in [7, 11) is 1.28. The van der Waals surface area contributed by atoms with Crippen molar-refractivity contribution in [3.05, 3.63) is 155 Å². The highest BCUT2D eigenvalue weighted by Crippen LogP contribution is 2.36. The third kappa shape index (κ3) is 9.80. The van der Waals surface area contributed by atoms with Crippen molar-refractivity contribution in [1.29, 1.82) is 0 Å². The first-order valence-electron chi connectivity index (χ1n) is 22.8. The lowest BCUT2D eigenvalue weighted by Crippen LogP contribution is -2.49. The van der Waals surface area contributed by atoms with Gasteiger partial charge in [-0.3, -0.25) is 9.59 Å². The minimum Gasteiger partial charge on any atom is -0.453 e. The number of urea groups is 1. The van der Waals surface area contributed by atoms with Crippen LogP contribution in [-0.4, -0.2) is 103 Å². The number of rotatable bonds is 11. The van der Waals surface area contributed by atoms with E-state index >= 15 is 0 Å². The van der Waals surface area contributed by atoms with E-state index in [9.17, 15) is 24.3 Å².